The Bertz CT molecular complexity index is 314. The summed E-state index contributed by atoms with van der Waals surface area (Å²) in [6.07, 6.45) is 12.6. The molecule has 2 aliphatic rings. The van der Waals surface area contributed by atoms with E-state index < -0.39 is 0 Å². The summed E-state index contributed by atoms with van der Waals surface area (Å²) in [4.78, 5) is 14.2. The predicted molar refractivity (Wildman–Crippen MR) is 79.0 cm³/mol. The fourth-order valence-corrected chi connectivity index (χ4v) is 3.16. The molecule has 0 saturated carbocycles. The molecule has 1 fully saturated rings. The number of carbonyl (C=O) groups excluding carboxylic acids is 1. The van der Waals surface area contributed by atoms with E-state index in [-0.39, 0.29) is 0 Å². The lowest BCUT2D eigenvalue weighted by Gasteiger charge is -2.33. The first kappa shape index (κ1) is 14.6. The van der Waals surface area contributed by atoms with E-state index in [1.807, 2.05) is 0 Å². The molecular formula is C16H28N2O. The fourth-order valence-electron chi connectivity index (χ4n) is 3.16. The van der Waals surface area contributed by atoms with Gasteiger partial charge in [0.05, 0.1) is 0 Å². The molecule has 2 atom stereocenters. The molecule has 1 amide bonds. The summed E-state index contributed by atoms with van der Waals surface area (Å²) in [6, 6.07) is 0.449. The summed E-state index contributed by atoms with van der Waals surface area (Å²) in [5.41, 5.74) is 0. The van der Waals surface area contributed by atoms with E-state index in [9.17, 15) is 4.79 Å². The molecule has 0 unspecified atom stereocenters. The maximum Gasteiger partial charge on any atom is 0.224 e. The van der Waals surface area contributed by atoms with Crippen molar-refractivity contribution in [1.29, 1.82) is 0 Å². The van der Waals surface area contributed by atoms with E-state index in [4.69, 9.17) is 0 Å². The topological polar surface area (TPSA) is 32.3 Å². The zero-order valence-corrected chi connectivity index (χ0v) is 12.2. The third kappa shape index (κ3) is 4.64. The molecule has 2 rings (SSSR count). The average molecular weight is 264 g/mol. The third-order valence-corrected chi connectivity index (χ3v) is 4.45. The maximum atomic E-state index is 12.1. The van der Waals surface area contributed by atoms with Crippen LogP contribution in [-0.2, 0) is 4.79 Å². The van der Waals surface area contributed by atoms with Gasteiger partial charge in [-0.25, -0.2) is 0 Å². The summed E-state index contributed by atoms with van der Waals surface area (Å²) in [5.74, 6) is 1.11. The van der Waals surface area contributed by atoms with Crippen molar-refractivity contribution in [2.45, 2.75) is 57.9 Å². The van der Waals surface area contributed by atoms with Crippen LogP contribution in [0.4, 0.5) is 0 Å². The Morgan fingerprint density at radius 1 is 1.32 bits per heavy atom. The fraction of sp³-hybridized carbons (Fsp3) is 0.812. The minimum atomic E-state index is 0.336. The van der Waals surface area contributed by atoms with Crippen LogP contribution >= 0.6 is 0 Å². The quantitative estimate of drug-likeness (QED) is 0.611. The summed E-state index contributed by atoms with van der Waals surface area (Å²) in [5, 5.41) is 3.46. The van der Waals surface area contributed by atoms with Crippen LogP contribution in [0.2, 0.25) is 0 Å². The van der Waals surface area contributed by atoms with Gasteiger partial charge < -0.3 is 10.2 Å². The number of allylic oxidation sites excluding steroid dienone is 2. The minimum Gasteiger partial charge on any atom is -0.340 e. The molecular weight excluding hydrogens is 236 g/mol. The Morgan fingerprint density at radius 3 is 2.95 bits per heavy atom. The summed E-state index contributed by atoms with van der Waals surface area (Å²) >= 11 is 0. The molecule has 0 radical (unpaired) electrons. The number of amides is 1. The second-order valence-electron chi connectivity index (χ2n) is 6.04. The monoisotopic (exact) mass is 264 g/mol. The molecule has 1 aliphatic heterocycles. The van der Waals surface area contributed by atoms with Gasteiger partial charge in [-0.3, -0.25) is 4.79 Å². The first-order valence-corrected chi connectivity index (χ1v) is 7.92. The predicted octanol–water partition coefficient (Wildman–Crippen LogP) is 2.72. The number of nitrogens with zero attached hydrogens (tertiary/aromatic N) is 1. The SMILES string of the molecule is C[C@@H]1CCCCN1C(=O)CCNC[C@H]1CC=CCC1. The van der Waals surface area contributed by atoms with Gasteiger partial charge in [0.25, 0.3) is 0 Å². The van der Waals surface area contributed by atoms with Gasteiger partial charge in [0, 0.05) is 25.6 Å². The first-order valence-electron chi connectivity index (χ1n) is 7.92. The van der Waals surface area contributed by atoms with Crippen molar-refractivity contribution >= 4 is 5.91 Å². The smallest absolute Gasteiger partial charge is 0.224 e. The molecule has 19 heavy (non-hydrogen) atoms. The number of rotatable bonds is 5. The molecule has 0 aromatic carbocycles. The van der Waals surface area contributed by atoms with Crippen molar-refractivity contribution in [2.75, 3.05) is 19.6 Å². The molecule has 0 spiro atoms. The largest absolute Gasteiger partial charge is 0.340 e. The number of nitrogens with one attached hydrogen (secondary N) is 1. The Hall–Kier alpha value is -0.830. The molecule has 1 heterocycles. The van der Waals surface area contributed by atoms with Gasteiger partial charge in [-0.05, 0) is 57.9 Å². The van der Waals surface area contributed by atoms with Gasteiger partial charge in [0.2, 0.25) is 5.91 Å². The van der Waals surface area contributed by atoms with Crippen molar-refractivity contribution in [1.82, 2.24) is 10.2 Å². The van der Waals surface area contributed by atoms with Crippen molar-refractivity contribution < 1.29 is 4.79 Å². The van der Waals surface area contributed by atoms with Crippen molar-refractivity contribution in [2.24, 2.45) is 5.92 Å². The van der Waals surface area contributed by atoms with Crippen molar-refractivity contribution in [3.05, 3.63) is 12.2 Å². The maximum absolute atomic E-state index is 12.1. The highest BCUT2D eigenvalue weighted by Crippen LogP contribution is 2.18. The Balaban J connectivity index is 1.59. The molecule has 0 aromatic rings. The summed E-state index contributed by atoms with van der Waals surface area (Å²) in [7, 11) is 0. The van der Waals surface area contributed by atoms with Crippen LogP contribution in [0.25, 0.3) is 0 Å². The average Bonchev–Trinajstić information content (AvgIpc) is 2.45. The number of likely N-dealkylation sites (tertiary alicyclic amines) is 1. The zero-order chi connectivity index (χ0) is 13.5. The molecule has 0 aromatic heterocycles. The number of hydrogen-bond donors (Lipinski definition) is 1. The van der Waals surface area contributed by atoms with E-state index >= 15 is 0 Å². The van der Waals surface area contributed by atoms with Gasteiger partial charge >= 0.3 is 0 Å². The molecule has 3 nitrogen and oxygen atoms in total. The Kier molecular flexibility index (Phi) is 5.90. The second kappa shape index (κ2) is 7.68. The molecule has 0 bridgehead atoms. The minimum absolute atomic E-state index is 0.336. The van der Waals surface area contributed by atoms with Crippen LogP contribution in [0.1, 0.15) is 51.9 Å². The highest BCUT2D eigenvalue weighted by Gasteiger charge is 2.22. The van der Waals surface area contributed by atoms with Gasteiger partial charge in [-0.2, -0.15) is 0 Å². The van der Waals surface area contributed by atoms with Gasteiger partial charge in [-0.1, -0.05) is 12.2 Å². The lowest BCUT2D eigenvalue weighted by Crippen LogP contribution is -2.43. The van der Waals surface area contributed by atoms with Crippen LogP contribution in [0.5, 0.6) is 0 Å². The van der Waals surface area contributed by atoms with Gasteiger partial charge in [-0.15, -0.1) is 0 Å². The van der Waals surface area contributed by atoms with E-state index in [1.54, 1.807) is 0 Å². The Labute approximate surface area is 117 Å². The summed E-state index contributed by atoms with van der Waals surface area (Å²) in [6.45, 7) is 5.04. The van der Waals surface area contributed by atoms with E-state index in [1.165, 1.54) is 38.5 Å². The number of carbonyl (C=O) groups is 1. The standard InChI is InChI=1S/C16H28N2O/c1-14-7-5-6-12-18(14)16(19)10-11-17-13-15-8-3-2-4-9-15/h2-3,14-15,17H,4-13H2,1H3/t14-,15+/m1/s1. The van der Waals surface area contributed by atoms with Crippen LogP contribution < -0.4 is 5.32 Å². The lowest BCUT2D eigenvalue weighted by molar-refractivity contribution is -0.134. The van der Waals surface area contributed by atoms with Crippen LogP contribution in [-0.4, -0.2) is 36.5 Å². The number of hydrogen-bond acceptors (Lipinski definition) is 2. The van der Waals surface area contributed by atoms with Crippen molar-refractivity contribution in [3.8, 4) is 0 Å². The van der Waals surface area contributed by atoms with E-state index in [2.05, 4.69) is 29.3 Å². The Morgan fingerprint density at radius 2 is 2.21 bits per heavy atom. The highest BCUT2D eigenvalue weighted by molar-refractivity contribution is 5.76. The van der Waals surface area contributed by atoms with Crippen LogP contribution in [0, 0.1) is 5.92 Å². The molecule has 108 valence electrons. The van der Waals surface area contributed by atoms with Crippen molar-refractivity contribution in [3.63, 3.8) is 0 Å². The van der Waals surface area contributed by atoms with Crippen LogP contribution in [0.15, 0.2) is 12.2 Å². The second-order valence-corrected chi connectivity index (χ2v) is 6.04. The summed E-state index contributed by atoms with van der Waals surface area (Å²) < 4.78 is 0. The normalized spacial score (nSPS) is 27.5. The molecule has 3 heteroatoms. The van der Waals surface area contributed by atoms with Gasteiger partial charge in [0.15, 0.2) is 0 Å². The highest BCUT2D eigenvalue weighted by atomic mass is 16.2. The van der Waals surface area contributed by atoms with Gasteiger partial charge in [0.1, 0.15) is 0 Å². The molecule has 1 saturated heterocycles. The third-order valence-electron chi connectivity index (χ3n) is 4.45. The lowest BCUT2D eigenvalue weighted by atomic mass is 9.94. The van der Waals surface area contributed by atoms with Crippen LogP contribution in [0.3, 0.4) is 0 Å². The number of piperidine rings is 1. The molecule has 1 N–H and O–H groups in total. The first-order chi connectivity index (χ1) is 9.27. The zero-order valence-electron chi connectivity index (χ0n) is 12.2. The van der Waals surface area contributed by atoms with E-state index in [0.717, 1.165) is 25.6 Å². The van der Waals surface area contributed by atoms with E-state index in [0.29, 0.717) is 18.4 Å². The molecule has 1 aliphatic carbocycles.